The number of aliphatic hydroxyl groups excluding tert-OH is 1. The molecule has 1 aromatic rings. The van der Waals surface area contributed by atoms with Crippen LogP contribution < -0.4 is 4.74 Å². The maximum atomic E-state index is 9.04. The maximum Gasteiger partial charge on any atom is 0.119 e. The Kier molecular flexibility index (Phi) is 3.32. The van der Waals surface area contributed by atoms with Crippen LogP contribution in [0.25, 0.3) is 0 Å². The number of aryl methyl sites for hydroxylation is 1. The van der Waals surface area contributed by atoms with Crippen LogP contribution in [-0.2, 0) is 0 Å². The highest BCUT2D eigenvalue weighted by Gasteiger charge is 2.07. The molecule has 0 saturated heterocycles. The summed E-state index contributed by atoms with van der Waals surface area (Å²) in [7, 11) is 1.65. The predicted octanol–water partition coefficient (Wildman–Crippen LogP) is 2.10. The van der Waals surface area contributed by atoms with Crippen molar-refractivity contribution in [3.05, 3.63) is 29.3 Å². The molecule has 0 bridgehead atoms. The van der Waals surface area contributed by atoms with Gasteiger partial charge in [0.1, 0.15) is 5.75 Å². The lowest BCUT2D eigenvalue weighted by molar-refractivity contribution is 0.272. The Morgan fingerprint density at radius 1 is 1.46 bits per heavy atom. The van der Waals surface area contributed by atoms with Crippen LogP contribution in [0.1, 0.15) is 24.0 Å². The predicted molar refractivity (Wildman–Crippen MR) is 53.2 cm³/mol. The average molecular weight is 180 g/mol. The Balaban J connectivity index is 3.03. The van der Waals surface area contributed by atoms with Gasteiger partial charge in [0.15, 0.2) is 0 Å². The van der Waals surface area contributed by atoms with Gasteiger partial charge in [0, 0.05) is 12.5 Å². The molecule has 0 fully saturated rings. The maximum absolute atomic E-state index is 9.04. The van der Waals surface area contributed by atoms with Gasteiger partial charge in [-0.3, -0.25) is 0 Å². The molecule has 0 radical (unpaired) electrons. The van der Waals surface area contributed by atoms with Crippen LogP contribution in [0.5, 0.6) is 5.75 Å². The van der Waals surface area contributed by atoms with E-state index in [9.17, 15) is 0 Å². The molecule has 0 spiro atoms. The molecule has 72 valence electrons. The molecule has 0 heterocycles. The van der Waals surface area contributed by atoms with Crippen molar-refractivity contribution in [1.29, 1.82) is 0 Å². The van der Waals surface area contributed by atoms with Crippen LogP contribution in [0.3, 0.4) is 0 Å². The fraction of sp³-hybridized carbons (Fsp3) is 0.455. The Hall–Kier alpha value is -1.02. The topological polar surface area (TPSA) is 29.5 Å². The summed E-state index contributed by atoms with van der Waals surface area (Å²) < 4.78 is 5.12. The average Bonchev–Trinajstić information content (AvgIpc) is 2.17. The van der Waals surface area contributed by atoms with Crippen LogP contribution in [0.15, 0.2) is 18.2 Å². The van der Waals surface area contributed by atoms with E-state index < -0.39 is 0 Å². The third-order valence-electron chi connectivity index (χ3n) is 2.29. The van der Waals surface area contributed by atoms with E-state index in [-0.39, 0.29) is 12.5 Å². The second-order valence-electron chi connectivity index (χ2n) is 3.31. The molecule has 2 nitrogen and oxygen atoms in total. The SMILES string of the molecule is COc1ccc(C)c(C(C)CO)c1. The van der Waals surface area contributed by atoms with Crippen LogP contribution >= 0.6 is 0 Å². The van der Waals surface area contributed by atoms with Crippen molar-refractivity contribution in [3.63, 3.8) is 0 Å². The third kappa shape index (κ3) is 2.22. The van der Waals surface area contributed by atoms with Gasteiger partial charge in [0.2, 0.25) is 0 Å². The van der Waals surface area contributed by atoms with E-state index in [0.29, 0.717) is 0 Å². The molecule has 0 aliphatic carbocycles. The summed E-state index contributed by atoms with van der Waals surface area (Å²) in [5.41, 5.74) is 2.35. The van der Waals surface area contributed by atoms with E-state index in [0.717, 1.165) is 11.3 Å². The van der Waals surface area contributed by atoms with Crippen molar-refractivity contribution < 1.29 is 9.84 Å². The number of methoxy groups -OCH3 is 1. The number of rotatable bonds is 3. The van der Waals surface area contributed by atoms with Crippen molar-refractivity contribution in [2.75, 3.05) is 13.7 Å². The molecule has 2 heteroatoms. The second-order valence-corrected chi connectivity index (χ2v) is 3.31. The molecule has 0 aromatic heterocycles. The minimum absolute atomic E-state index is 0.175. The minimum atomic E-state index is 0.175. The first-order chi connectivity index (χ1) is 6.19. The Labute approximate surface area is 79.2 Å². The van der Waals surface area contributed by atoms with Crippen molar-refractivity contribution in [1.82, 2.24) is 0 Å². The lowest BCUT2D eigenvalue weighted by atomic mass is 9.97. The Bertz CT molecular complexity index is 281. The summed E-state index contributed by atoms with van der Waals surface area (Å²) in [6.45, 7) is 4.22. The molecule has 1 aromatic carbocycles. The van der Waals surface area contributed by atoms with Crippen molar-refractivity contribution in [3.8, 4) is 5.75 Å². The summed E-state index contributed by atoms with van der Waals surface area (Å²) in [4.78, 5) is 0. The zero-order valence-electron chi connectivity index (χ0n) is 8.37. The second kappa shape index (κ2) is 4.28. The molecule has 1 rings (SSSR count). The Morgan fingerprint density at radius 2 is 2.15 bits per heavy atom. The first kappa shape index (κ1) is 10.1. The molecule has 1 unspecified atom stereocenters. The number of ether oxygens (including phenoxy) is 1. The zero-order chi connectivity index (χ0) is 9.84. The van der Waals surface area contributed by atoms with E-state index in [2.05, 4.69) is 0 Å². The van der Waals surface area contributed by atoms with Gasteiger partial charge in [0.05, 0.1) is 7.11 Å². The quantitative estimate of drug-likeness (QED) is 0.771. The van der Waals surface area contributed by atoms with Gasteiger partial charge in [-0.25, -0.2) is 0 Å². The summed E-state index contributed by atoms with van der Waals surface area (Å²) in [5, 5.41) is 9.04. The molecular formula is C11H16O2. The summed E-state index contributed by atoms with van der Waals surface area (Å²) in [6.07, 6.45) is 0. The van der Waals surface area contributed by atoms with Crippen molar-refractivity contribution >= 4 is 0 Å². The lowest BCUT2D eigenvalue weighted by Crippen LogP contribution is -2.01. The molecular weight excluding hydrogens is 164 g/mol. The van der Waals surface area contributed by atoms with Gasteiger partial charge in [-0.05, 0) is 30.2 Å². The zero-order valence-corrected chi connectivity index (χ0v) is 8.37. The van der Waals surface area contributed by atoms with E-state index in [4.69, 9.17) is 9.84 Å². The number of aliphatic hydroxyl groups is 1. The number of hydrogen-bond donors (Lipinski definition) is 1. The standard InChI is InChI=1S/C11H16O2/c1-8-4-5-10(13-3)6-11(8)9(2)7-12/h4-6,9,12H,7H2,1-3H3. The van der Waals surface area contributed by atoms with Gasteiger partial charge < -0.3 is 9.84 Å². The highest BCUT2D eigenvalue weighted by Crippen LogP contribution is 2.23. The fourth-order valence-corrected chi connectivity index (χ4v) is 1.37. The third-order valence-corrected chi connectivity index (χ3v) is 2.29. The Morgan fingerprint density at radius 3 is 2.69 bits per heavy atom. The van der Waals surface area contributed by atoms with Gasteiger partial charge in [-0.2, -0.15) is 0 Å². The number of benzene rings is 1. The summed E-state index contributed by atoms with van der Waals surface area (Å²) in [5.74, 6) is 1.02. The highest BCUT2D eigenvalue weighted by atomic mass is 16.5. The van der Waals surface area contributed by atoms with Crippen molar-refractivity contribution in [2.45, 2.75) is 19.8 Å². The molecule has 1 atom stereocenters. The van der Waals surface area contributed by atoms with Gasteiger partial charge in [-0.15, -0.1) is 0 Å². The van der Waals surface area contributed by atoms with Gasteiger partial charge >= 0.3 is 0 Å². The van der Waals surface area contributed by atoms with Gasteiger partial charge in [0.25, 0.3) is 0 Å². The lowest BCUT2D eigenvalue weighted by Gasteiger charge is -2.13. The fourth-order valence-electron chi connectivity index (χ4n) is 1.37. The molecule has 0 aliphatic heterocycles. The minimum Gasteiger partial charge on any atom is -0.497 e. The van der Waals surface area contributed by atoms with E-state index in [1.54, 1.807) is 7.11 Å². The van der Waals surface area contributed by atoms with Gasteiger partial charge in [-0.1, -0.05) is 13.0 Å². The van der Waals surface area contributed by atoms with E-state index in [1.807, 2.05) is 32.0 Å². The molecule has 0 amide bonds. The van der Waals surface area contributed by atoms with Crippen LogP contribution in [0.2, 0.25) is 0 Å². The number of hydrogen-bond acceptors (Lipinski definition) is 2. The van der Waals surface area contributed by atoms with Crippen LogP contribution in [-0.4, -0.2) is 18.8 Å². The molecule has 1 N–H and O–H groups in total. The van der Waals surface area contributed by atoms with E-state index >= 15 is 0 Å². The summed E-state index contributed by atoms with van der Waals surface area (Å²) >= 11 is 0. The normalized spacial score (nSPS) is 12.6. The van der Waals surface area contributed by atoms with Crippen LogP contribution in [0, 0.1) is 6.92 Å². The molecule has 0 aliphatic rings. The highest BCUT2D eigenvalue weighted by molar-refractivity contribution is 5.36. The molecule has 13 heavy (non-hydrogen) atoms. The van der Waals surface area contributed by atoms with E-state index in [1.165, 1.54) is 5.56 Å². The largest absolute Gasteiger partial charge is 0.497 e. The first-order valence-corrected chi connectivity index (χ1v) is 4.44. The summed E-state index contributed by atoms with van der Waals surface area (Å²) in [6, 6.07) is 5.93. The van der Waals surface area contributed by atoms with Crippen molar-refractivity contribution in [2.24, 2.45) is 0 Å². The molecule has 0 saturated carbocycles. The van der Waals surface area contributed by atoms with Crippen LogP contribution in [0.4, 0.5) is 0 Å². The first-order valence-electron chi connectivity index (χ1n) is 4.44. The monoisotopic (exact) mass is 180 g/mol. The smallest absolute Gasteiger partial charge is 0.119 e.